The van der Waals surface area contributed by atoms with E-state index in [0.717, 1.165) is 0 Å². The highest BCUT2D eigenvalue weighted by molar-refractivity contribution is 6.00. The van der Waals surface area contributed by atoms with E-state index in [1.807, 2.05) is 13.8 Å². The third-order valence-electron chi connectivity index (χ3n) is 3.86. The molecule has 1 unspecified atom stereocenters. The lowest BCUT2D eigenvalue weighted by Crippen LogP contribution is -2.46. The number of nitrogens with one attached hydrogen (secondary N) is 1. The number of rotatable bonds is 6. The van der Waals surface area contributed by atoms with Gasteiger partial charge in [-0.05, 0) is 13.8 Å². The molecule has 2 rings (SSSR count). The van der Waals surface area contributed by atoms with Crippen molar-refractivity contribution in [2.75, 3.05) is 32.2 Å². The highest BCUT2D eigenvalue weighted by Crippen LogP contribution is 2.32. The van der Waals surface area contributed by atoms with Crippen LogP contribution in [0.25, 0.3) is 0 Å². The van der Waals surface area contributed by atoms with Crippen molar-refractivity contribution in [3.8, 4) is 11.5 Å². The molecule has 3 N–H and O–H groups in total. The van der Waals surface area contributed by atoms with Gasteiger partial charge < -0.3 is 25.4 Å². The molecular formula is C17H26ClN3O4. The first-order valence-electron chi connectivity index (χ1n) is 7.83. The van der Waals surface area contributed by atoms with Crippen LogP contribution in [0, 0.1) is 5.92 Å². The molecule has 0 bridgehead atoms. The van der Waals surface area contributed by atoms with E-state index in [2.05, 4.69) is 5.32 Å². The number of hydrogen-bond acceptors (Lipinski definition) is 5. The van der Waals surface area contributed by atoms with Crippen molar-refractivity contribution in [1.82, 2.24) is 5.32 Å². The zero-order valence-corrected chi connectivity index (χ0v) is 15.8. The fraction of sp³-hybridized carbons (Fsp3) is 0.529. The maximum atomic E-state index is 12.3. The topological polar surface area (TPSA) is 93.9 Å². The number of carbonyl (C=O) groups excluding carboxylic acids is 2. The molecule has 0 spiro atoms. The van der Waals surface area contributed by atoms with Gasteiger partial charge in [0, 0.05) is 43.2 Å². The number of carbonyl (C=O) groups is 2. The van der Waals surface area contributed by atoms with Crippen molar-refractivity contribution < 1.29 is 19.1 Å². The van der Waals surface area contributed by atoms with Crippen LogP contribution in [0.2, 0.25) is 0 Å². The summed E-state index contributed by atoms with van der Waals surface area (Å²) in [5, 5.41) is 2.81. The van der Waals surface area contributed by atoms with Crippen molar-refractivity contribution in [2.24, 2.45) is 11.7 Å². The van der Waals surface area contributed by atoms with Crippen LogP contribution in [0.4, 0.5) is 5.69 Å². The molecule has 0 aromatic heterocycles. The summed E-state index contributed by atoms with van der Waals surface area (Å²) < 4.78 is 10.5. The first-order chi connectivity index (χ1) is 11.2. The summed E-state index contributed by atoms with van der Waals surface area (Å²) in [5.74, 6) is 0.540. The number of ether oxygens (including phenoxy) is 2. The van der Waals surface area contributed by atoms with Gasteiger partial charge in [-0.2, -0.15) is 0 Å². The van der Waals surface area contributed by atoms with E-state index in [9.17, 15) is 9.59 Å². The maximum absolute atomic E-state index is 12.3. The molecule has 0 aliphatic carbocycles. The molecule has 1 aliphatic rings. The summed E-state index contributed by atoms with van der Waals surface area (Å²) in [6, 6.07) is 5.24. The summed E-state index contributed by atoms with van der Waals surface area (Å²) in [7, 11) is 3.10. The van der Waals surface area contributed by atoms with Gasteiger partial charge in [-0.3, -0.25) is 9.59 Å². The normalized spacial score (nSPS) is 17.1. The van der Waals surface area contributed by atoms with Gasteiger partial charge in [0.1, 0.15) is 11.5 Å². The Morgan fingerprint density at radius 2 is 1.84 bits per heavy atom. The Kier molecular flexibility index (Phi) is 7.07. The summed E-state index contributed by atoms with van der Waals surface area (Å²) in [6.45, 7) is 4.36. The molecule has 1 fully saturated rings. The molecule has 1 saturated heterocycles. The zero-order valence-electron chi connectivity index (χ0n) is 15.0. The predicted molar refractivity (Wildman–Crippen MR) is 98.5 cm³/mol. The smallest absolute Gasteiger partial charge is 0.227 e. The van der Waals surface area contributed by atoms with Gasteiger partial charge in [0.05, 0.1) is 25.8 Å². The van der Waals surface area contributed by atoms with Crippen LogP contribution in [0.15, 0.2) is 18.2 Å². The van der Waals surface area contributed by atoms with Gasteiger partial charge in [0.25, 0.3) is 0 Å². The molecule has 1 heterocycles. The predicted octanol–water partition coefficient (Wildman–Crippen LogP) is 1.33. The van der Waals surface area contributed by atoms with Crippen molar-refractivity contribution in [3.63, 3.8) is 0 Å². The lowest BCUT2D eigenvalue weighted by atomic mass is 10.1. The molecule has 2 amide bonds. The number of benzene rings is 1. The standard InChI is InChI=1S/C17H25N3O4.ClH/c1-17(2,18)10-19-16(22)11-5-15(21)20(9-11)12-6-13(23-3)8-14(7-12)24-4;/h6-8,11H,5,9-10,18H2,1-4H3,(H,19,22);1H. The number of nitrogens with two attached hydrogens (primary N) is 1. The summed E-state index contributed by atoms with van der Waals surface area (Å²) >= 11 is 0. The summed E-state index contributed by atoms with van der Waals surface area (Å²) in [6.07, 6.45) is 0.177. The van der Waals surface area contributed by atoms with Crippen LogP contribution in [0.5, 0.6) is 11.5 Å². The fourth-order valence-corrected chi connectivity index (χ4v) is 2.54. The minimum Gasteiger partial charge on any atom is -0.497 e. The molecule has 1 atom stereocenters. The Bertz CT molecular complexity index is 609. The monoisotopic (exact) mass is 371 g/mol. The van der Waals surface area contributed by atoms with E-state index in [1.165, 1.54) is 0 Å². The Balaban J connectivity index is 0.00000312. The van der Waals surface area contributed by atoms with Gasteiger partial charge in [0.15, 0.2) is 0 Å². The second-order valence-corrected chi connectivity index (χ2v) is 6.68. The van der Waals surface area contributed by atoms with E-state index < -0.39 is 11.5 Å². The van der Waals surface area contributed by atoms with Crippen molar-refractivity contribution >= 4 is 29.9 Å². The van der Waals surface area contributed by atoms with Crippen LogP contribution < -0.4 is 25.4 Å². The number of halogens is 1. The third kappa shape index (κ3) is 5.51. The van der Waals surface area contributed by atoms with Crippen LogP contribution in [-0.4, -0.2) is 44.7 Å². The molecule has 25 heavy (non-hydrogen) atoms. The van der Waals surface area contributed by atoms with Crippen LogP contribution in [0.1, 0.15) is 20.3 Å². The molecule has 0 radical (unpaired) electrons. The molecule has 7 nitrogen and oxygen atoms in total. The summed E-state index contributed by atoms with van der Waals surface area (Å²) in [5.41, 5.74) is 6.04. The third-order valence-corrected chi connectivity index (χ3v) is 3.86. The van der Waals surface area contributed by atoms with Gasteiger partial charge in [-0.25, -0.2) is 0 Å². The Labute approximate surface area is 154 Å². The first kappa shape index (κ1) is 21.1. The minimum absolute atomic E-state index is 0. The number of methoxy groups -OCH3 is 2. The van der Waals surface area contributed by atoms with Crippen LogP contribution in [0.3, 0.4) is 0 Å². The molecule has 1 aromatic carbocycles. The van der Waals surface area contributed by atoms with Gasteiger partial charge in [-0.1, -0.05) is 0 Å². The maximum Gasteiger partial charge on any atom is 0.227 e. The van der Waals surface area contributed by atoms with Gasteiger partial charge >= 0.3 is 0 Å². The molecule has 1 aromatic rings. The highest BCUT2D eigenvalue weighted by atomic mass is 35.5. The molecule has 0 saturated carbocycles. The minimum atomic E-state index is -0.488. The largest absolute Gasteiger partial charge is 0.497 e. The quantitative estimate of drug-likeness (QED) is 0.786. The van der Waals surface area contributed by atoms with Crippen molar-refractivity contribution in [1.29, 1.82) is 0 Å². The molecule has 1 aliphatic heterocycles. The Morgan fingerprint density at radius 1 is 1.28 bits per heavy atom. The second-order valence-electron chi connectivity index (χ2n) is 6.68. The van der Waals surface area contributed by atoms with E-state index in [4.69, 9.17) is 15.2 Å². The van der Waals surface area contributed by atoms with Crippen molar-refractivity contribution in [3.05, 3.63) is 18.2 Å². The van der Waals surface area contributed by atoms with E-state index >= 15 is 0 Å². The van der Waals surface area contributed by atoms with E-state index in [1.54, 1.807) is 37.3 Å². The second kappa shape index (κ2) is 8.40. The first-order valence-corrected chi connectivity index (χ1v) is 7.83. The number of hydrogen-bond donors (Lipinski definition) is 2. The lowest BCUT2D eigenvalue weighted by Gasteiger charge is -2.21. The SMILES string of the molecule is COc1cc(OC)cc(N2CC(C(=O)NCC(C)(C)N)CC2=O)c1.Cl. The lowest BCUT2D eigenvalue weighted by molar-refractivity contribution is -0.126. The van der Waals surface area contributed by atoms with E-state index in [0.29, 0.717) is 30.3 Å². The molecular weight excluding hydrogens is 346 g/mol. The average Bonchev–Trinajstić information content (AvgIpc) is 2.93. The van der Waals surface area contributed by atoms with Crippen LogP contribution in [-0.2, 0) is 9.59 Å². The fourth-order valence-electron chi connectivity index (χ4n) is 2.54. The average molecular weight is 372 g/mol. The van der Waals surface area contributed by atoms with Gasteiger partial charge in [-0.15, -0.1) is 12.4 Å². The highest BCUT2D eigenvalue weighted by Gasteiger charge is 2.35. The van der Waals surface area contributed by atoms with Gasteiger partial charge in [0.2, 0.25) is 11.8 Å². The summed E-state index contributed by atoms with van der Waals surface area (Å²) in [4.78, 5) is 26.2. The Morgan fingerprint density at radius 3 is 2.32 bits per heavy atom. The van der Waals surface area contributed by atoms with Crippen LogP contribution >= 0.6 is 12.4 Å². The number of amides is 2. The van der Waals surface area contributed by atoms with E-state index in [-0.39, 0.29) is 30.6 Å². The Hall–Kier alpha value is -1.99. The number of anilines is 1. The molecule has 8 heteroatoms. The molecule has 140 valence electrons. The number of nitrogens with zero attached hydrogens (tertiary/aromatic N) is 1. The van der Waals surface area contributed by atoms with Crippen molar-refractivity contribution in [2.45, 2.75) is 25.8 Å². The zero-order chi connectivity index (χ0) is 17.9.